The summed E-state index contributed by atoms with van der Waals surface area (Å²) in [6.07, 6.45) is 0. The second-order valence-electron chi connectivity index (χ2n) is 4.20. The highest BCUT2D eigenvalue weighted by Gasteiger charge is 2.18. The van der Waals surface area contributed by atoms with Crippen LogP contribution in [0.4, 0.5) is 5.69 Å². The molecule has 0 radical (unpaired) electrons. The maximum Gasteiger partial charge on any atom is 0.317 e. The SMILES string of the molecule is COc1ccc(CN(CC(=O)O)CC(=O)O)cc1[N+](=O)[O-]. The molecule has 0 saturated heterocycles. The standard InChI is InChI=1S/C12H14N2O7/c1-21-10-3-2-8(4-9(10)14(19)20)5-13(6-11(15)16)7-12(17)18/h2-4H,5-7H2,1H3,(H,15,16)(H,17,18). The number of hydrogen-bond donors (Lipinski definition) is 2. The molecule has 9 nitrogen and oxygen atoms in total. The lowest BCUT2D eigenvalue weighted by Gasteiger charge is -2.18. The molecule has 1 aromatic carbocycles. The molecule has 1 aromatic rings. The first kappa shape index (κ1) is 16.4. The van der Waals surface area contributed by atoms with Gasteiger partial charge >= 0.3 is 17.6 Å². The minimum Gasteiger partial charge on any atom is -0.490 e. The summed E-state index contributed by atoms with van der Waals surface area (Å²) in [6, 6.07) is 4.13. The van der Waals surface area contributed by atoms with E-state index in [0.29, 0.717) is 5.56 Å². The van der Waals surface area contributed by atoms with Crippen molar-refractivity contribution in [3.63, 3.8) is 0 Å². The molecule has 0 aromatic heterocycles. The van der Waals surface area contributed by atoms with Gasteiger partial charge in [-0.15, -0.1) is 0 Å². The van der Waals surface area contributed by atoms with Crippen LogP contribution in [0.3, 0.4) is 0 Å². The highest BCUT2D eigenvalue weighted by atomic mass is 16.6. The van der Waals surface area contributed by atoms with Gasteiger partial charge in [0.05, 0.1) is 25.1 Å². The van der Waals surface area contributed by atoms with Crippen LogP contribution in [-0.4, -0.2) is 52.2 Å². The number of nitro benzene ring substituents is 1. The van der Waals surface area contributed by atoms with Crippen molar-refractivity contribution in [2.75, 3.05) is 20.2 Å². The van der Waals surface area contributed by atoms with Gasteiger partial charge in [-0.3, -0.25) is 24.6 Å². The minimum absolute atomic E-state index is 0.0383. The van der Waals surface area contributed by atoms with E-state index in [-0.39, 0.29) is 18.0 Å². The Kier molecular flexibility index (Phi) is 5.61. The van der Waals surface area contributed by atoms with Gasteiger partial charge in [0.2, 0.25) is 0 Å². The molecule has 0 atom stereocenters. The molecule has 0 aliphatic rings. The Morgan fingerprint density at radius 3 is 2.29 bits per heavy atom. The van der Waals surface area contributed by atoms with Crippen molar-refractivity contribution >= 4 is 17.6 Å². The summed E-state index contributed by atoms with van der Waals surface area (Å²) in [5.74, 6) is -2.29. The predicted octanol–water partition coefficient (Wildman–Crippen LogP) is 0.575. The first-order valence-corrected chi connectivity index (χ1v) is 5.80. The highest BCUT2D eigenvalue weighted by Crippen LogP contribution is 2.27. The van der Waals surface area contributed by atoms with E-state index in [1.807, 2.05) is 0 Å². The van der Waals surface area contributed by atoms with E-state index in [9.17, 15) is 19.7 Å². The van der Waals surface area contributed by atoms with E-state index < -0.39 is 30.0 Å². The molecule has 0 aliphatic carbocycles. The zero-order valence-electron chi connectivity index (χ0n) is 11.2. The van der Waals surface area contributed by atoms with Gasteiger partial charge in [-0.25, -0.2) is 0 Å². The third kappa shape index (κ3) is 5.07. The van der Waals surface area contributed by atoms with E-state index in [4.69, 9.17) is 14.9 Å². The van der Waals surface area contributed by atoms with Crippen LogP contribution >= 0.6 is 0 Å². The maximum atomic E-state index is 10.9. The van der Waals surface area contributed by atoms with Crippen LogP contribution in [0.25, 0.3) is 0 Å². The minimum atomic E-state index is -1.18. The zero-order chi connectivity index (χ0) is 16.0. The highest BCUT2D eigenvalue weighted by molar-refractivity contribution is 5.72. The Labute approximate surface area is 119 Å². The molecular formula is C12H14N2O7. The third-order valence-electron chi connectivity index (χ3n) is 2.56. The number of carbonyl (C=O) groups is 2. The molecule has 0 fully saturated rings. The Morgan fingerprint density at radius 2 is 1.86 bits per heavy atom. The maximum absolute atomic E-state index is 10.9. The van der Waals surface area contributed by atoms with Crippen molar-refractivity contribution in [3.05, 3.63) is 33.9 Å². The van der Waals surface area contributed by atoms with Crippen molar-refractivity contribution in [2.24, 2.45) is 0 Å². The van der Waals surface area contributed by atoms with Gasteiger partial charge < -0.3 is 14.9 Å². The molecular weight excluding hydrogens is 284 g/mol. The topological polar surface area (TPSA) is 130 Å². The largest absolute Gasteiger partial charge is 0.490 e. The third-order valence-corrected chi connectivity index (χ3v) is 2.56. The van der Waals surface area contributed by atoms with E-state index in [0.717, 1.165) is 4.90 Å². The number of nitrogens with zero attached hydrogens (tertiary/aromatic N) is 2. The van der Waals surface area contributed by atoms with Gasteiger partial charge in [0.25, 0.3) is 0 Å². The van der Waals surface area contributed by atoms with Gasteiger partial charge in [-0.2, -0.15) is 0 Å². The van der Waals surface area contributed by atoms with Crippen molar-refractivity contribution in [1.82, 2.24) is 4.90 Å². The van der Waals surface area contributed by atoms with E-state index in [1.54, 1.807) is 0 Å². The van der Waals surface area contributed by atoms with Gasteiger partial charge in [-0.1, -0.05) is 6.07 Å². The molecule has 114 valence electrons. The van der Waals surface area contributed by atoms with Crippen LogP contribution in [-0.2, 0) is 16.1 Å². The summed E-state index contributed by atoms with van der Waals surface area (Å²) in [5.41, 5.74) is 0.158. The summed E-state index contributed by atoms with van der Waals surface area (Å²) >= 11 is 0. The molecule has 0 heterocycles. The fraction of sp³-hybridized carbons (Fsp3) is 0.333. The summed E-state index contributed by atoms with van der Waals surface area (Å²) < 4.78 is 4.85. The van der Waals surface area contributed by atoms with Gasteiger partial charge in [0, 0.05) is 12.6 Å². The number of ether oxygens (including phenoxy) is 1. The summed E-state index contributed by atoms with van der Waals surface area (Å²) in [7, 11) is 1.29. The molecule has 0 unspecified atom stereocenters. The molecule has 0 saturated carbocycles. The number of hydrogen-bond acceptors (Lipinski definition) is 6. The number of rotatable bonds is 8. The summed E-state index contributed by atoms with van der Waals surface area (Å²) in [4.78, 5) is 32.8. The fourth-order valence-electron chi connectivity index (χ4n) is 1.79. The Morgan fingerprint density at radius 1 is 1.29 bits per heavy atom. The number of carboxylic acids is 2. The van der Waals surface area contributed by atoms with Gasteiger partial charge in [0.1, 0.15) is 0 Å². The first-order chi connectivity index (χ1) is 9.83. The quantitative estimate of drug-likeness (QED) is 0.526. The summed E-state index contributed by atoms with van der Waals surface area (Å²) in [6.45, 7) is -0.998. The Bertz CT molecular complexity index is 543. The number of methoxy groups -OCH3 is 1. The molecule has 21 heavy (non-hydrogen) atoms. The monoisotopic (exact) mass is 298 g/mol. The van der Waals surface area contributed by atoms with E-state index in [1.165, 1.54) is 25.3 Å². The van der Waals surface area contributed by atoms with E-state index in [2.05, 4.69) is 0 Å². The van der Waals surface area contributed by atoms with Crippen LogP contribution in [0.2, 0.25) is 0 Å². The van der Waals surface area contributed by atoms with E-state index >= 15 is 0 Å². The smallest absolute Gasteiger partial charge is 0.317 e. The first-order valence-electron chi connectivity index (χ1n) is 5.80. The van der Waals surface area contributed by atoms with Crippen molar-refractivity contribution in [1.29, 1.82) is 0 Å². The van der Waals surface area contributed by atoms with Crippen molar-refractivity contribution in [2.45, 2.75) is 6.54 Å². The van der Waals surface area contributed by atoms with Crippen LogP contribution < -0.4 is 4.74 Å². The molecule has 0 spiro atoms. The molecule has 1 rings (SSSR count). The normalized spacial score (nSPS) is 10.4. The number of nitro groups is 1. The van der Waals surface area contributed by atoms with Crippen LogP contribution in [0.15, 0.2) is 18.2 Å². The number of benzene rings is 1. The average Bonchev–Trinajstić information content (AvgIpc) is 2.36. The molecule has 9 heteroatoms. The summed E-state index contributed by atoms with van der Waals surface area (Å²) in [5, 5.41) is 28.4. The van der Waals surface area contributed by atoms with Crippen molar-refractivity contribution in [3.8, 4) is 5.75 Å². The van der Waals surface area contributed by atoms with Crippen LogP contribution in [0, 0.1) is 10.1 Å². The van der Waals surface area contributed by atoms with Crippen molar-refractivity contribution < 1.29 is 29.5 Å². The molecule has 0 bridgehead atoms. The number of aliphatic carboxylic acids is 2. The molecule has 2 N–H and O–H groups in total. The fourth-order valence-corrected chi connectivity index (χ4v) is 1.79. The lowest BCUT2D eigenvalue weighted by Crippen LogP contribution is -2.33. The van der Waals surface area contributed by atoms with Gasteiger partial charge in [0.15, 0.2) is 5.75 Å². The van der Waals surface area contributed by atoms with Crippen LogP contribution in [0.5, 0.6) is 5.75 Å². The Balaban J connectivity index is 2.97. The van der Waals surface area contributed by atoms with Gasteiger partial charge in [-0.05, 0) is 11.6 Å². The average molecular weight is 298 g/mol. The molecule has 0 aliphatic heterocycles. The zero-order valence-corrected chi connectivity index (χ0v) is 11.2. The number of carboxylic acid groups (broad SMARTS) is 2. The second kappa shape index (κ2) is 7.20. The lowest BCUT2D eigenvalue weighted by molar-refractivity contribution is -0.385. The molecule has 0 amide bonds. The van der Waals surface area contributed by atoms with Crippen LogP contribution in [0.1, 0.15) is 5.56 Å². The lowest BCUT2D eigenvalue weighted by atomic mass is 10.1. The predicted molar refractivity (Wildman–Crippen MR) is 70.2 cm³/mol. The second-order valence-corrected chi connectivity index (χ2v) is 4.20. The Hall–Kier alpha value is -2.68.